The highest BCUT2D eigenvalue weighted by Crippen LogP contribution is 2.24. The monoisotopic (exact) mass is 265 g/mol. The highest BCUT2D eigenvalue weighted by atomic mass is 32.1. The fraction of sp³-hybridized carbons (Fsp3) is 0.786. The molecule has 2 atom stereocenters. The zero-order chi connectivity index (χ0) is 12.4. The normalized spacial score (nSPS) is 26.6. The molecular weight excluding hydrogens is 242 g/mol. The van der Waals surface area contributed by atoms with Crippen LogP contribution >= 0.6 is 11.3 Å². The summed E-state index contributed by atoms with van der Waals surface area (Å²) in [5.74, 6) is 1.45. The minimum Gasteiger partial charge on any atom is -0.314 e. The molecule has 2 heterocycles. The molecule has 0 amide bonds. The van der Waals surface area contributed by atoms with Crippen molar-refractivity contribution in [1.29, 1.82) is 0 Å². The van der Waals surface area contributed by atoms with Gasteiger partial charge in [-0.2, -0.15) is 0 Å². The van der Waals surface area contributed by atoms with Gasteiger partial charge in [-0.25, -0.2) is 4.98 Å². The zero-order valence-electron chi connectivity index (χ0n) is 11.1. The number of hydrogen-bond donors (Lipinski definition) is 1. The van der Waals surface area contributed by atoms with Gasteiger partial charge >= 0.3 is 0 Å². The SMILES string of the molecule is CC(CN1CCC(CNC2CC2)C1)c1nccs1. The summed E-state index contributed by atoms with van der Waals surface area (Å²) >= 11 is 1.79. The highest BCUT2D eigenvalue weighted by molar-refractivity contribution is 7.09. The maximum atomic E-state index is 4.42. The third-order valence-corrected chi connectivity index (χ3v) is 5.05. The van der Waals surface area contributed by atoms with Crippen molar-refractivity contribution in [3.05, 3.63) is 16.6 Å². The second-order valence-corrected chi connectivity index (χ2v) is 6.79. The number of likely N-dealkylation sites (tertiary alicyclic amines) is 1. The molecule has 3 rings (SSSR count). The molecule has 0 aromatic carbocycles. The minimum atomic E-state index is 0.583. The van der Waals surface area contributed by atoms with Crippen LogP contribution in [0, 0.1) is 5.92 Å². The van der Waals surface area contributed by atoms with Crippen LogP contribution < -0.4 is 5.32 Å². The molecule has 1 saturated carbocycles. The van der Waals surface area contributed by atoms with Crippen molar-refractivity contribution in [3.63, 3.8) is 0 Å². The van der Waals surface area contributed by atoms with Crippen molar-refractivity contribution in [1.82, 2.24) is 15.2 Å². The average Bonchev–Trinajstić information content (AvgIpc) is 2.88. The van der Waals surface area contributed by atoms with Gasteiger partial charge in [-0.15, -0.1) is 11.3 Å². The van der Waals surface area contributed by atoms with E-state index in [1.165, 1.54) is 50.4 Å². The van der Waals surface area contributed by atoms with E-state index in [0.717, 1.165) is 12.0 Å². The van der Waals surface area contributed by atoms with E-state index in [2.05, 4.69) is 27.5 Å². The van der Waals surface area contributed by atoms with Gasteiger partial charge in [0.25, 0.3) is 0 Å². The first-order chi connectivity index (χ1) is 8.81. The third-order valence-electron chi connectivity index (χ3n) is 4.05. The van der Waals surface area contributed by atoms with Crippen LogP contribution in [0.1, 0.15) is 37.1 Å². The van der Waals surface area contributed by atoms with Crippen LogP contribution in [0.5, 0.6) is 0 Å². The van der Waals surface area contributed by atoms with Crippen molar-refractivity contribution in [3.8, 4) is 0 Å². The van der Waals surface area contributed by atoms with Crippen molar-refractivity contribution in [2.75, 3.05) is 26.2 Å². The van der Waals surface area contributed by atoms with Crippen LogP contribution in [-0.2, 0) is 0 Å². The average molecular weight is 265 g/mol. The summed E-state index contributed by atoms with van der Waals surface area (Å²) in [7, 11) is 0. The van der Waals surface area contributed by atoms with Crippen LogP contribution in [0.3, 0.4) is 0 Å². The number of aromatic nitrogens is 1. The number of nitrogens with one attached hydrogen (secondary N) is 1. The molecule has 0 spiro atoms. The Morgan fingerprint density at radius 1 is 1.50 bits per heavy atom. The van der Waals surface area contributed by atoms with Crippen LogP contribution in [-0.4, -0.2) is 42.1 Å². The Hall–Kier alpha value is -0.450. The molecule has 18 heavy (non-hydrogen) atoms. The smallest absolute Gasteiger partial charge is 0.0965 e. The van der Waals surface area contributed by atoms with Crippen LogP contribution in [0.15, 0.2) is 11.6 Å². The summed E-state index contributed by atoms with van der Waals surface area (Å²) in [6.45, 7) is 7.25. The molecule has 1 saturated heterocycles. The van der Waals surface area contributed by atoms with E-state index in [1.807, 2.05) is 6.20 Å². The fourth-order valence-corrected chi connectivity index (χ4v) is 3.50. The van der Waals surface area contributed by atoms with Crippen molar-refractivity contribution in [2.45, 2.75) is 38.1 Å². The van der Waals surface area contributed by atoms with Gasteiger partial charge in [-0.1, -0.05) is 6.92 Å². The number of nitrogens with zero attached hydrogens (tertiary/aromatic N) is 2. The van der Waals surface area contributed by atoms with Gasteiger partial charge in [0.05, 0.1) is 5.01 Å². The van der Waals surface area contributed by atoms with Gasteiger partial charge in [-0.3, -0.25) is 0 Å². The molecule has 1 aliphatic carbocycles. The first-order valence-corrected chi connectivity index (χ1v) is 8.04. The van der Waals surface area contributed by atoms with Crippen LogP contribution in [0.2, 0.25) is 0 Å². The van der Waals surface area contributed by atoms with Gasteiger partial charge in [0, 0.05) is 36.6 Å². The summed E-state index contributed by atoms with van der Waals surface area (Å²) in [4.78, 5) is 7.04. The molecule has 1 aliphatic heterocycles. The number of thiazole rings is 1. The molecule has 1 N–H and O–H groups in total. The van der Waals surface area contributed by atoms with E-state index in [9.17, 15) is 0 Å². The van der Waals surface area contributed by atoms with E-state index in [0.29, 0.717) is 5.92 Å². The molecule has 0 bridgehead atoms. The lowest BCUT2D eigenvalue weighted by Crippen LogP contribution is -2.29. The first-order valence-electron chi connectivity index (χ1n) is 7.16. The minimum absolute atomic E-state index is 0.583. The van der Waals surface area contributed by atoms with Gasteiger partial charge in [0.1, 0.15) is 0 Å². The molecule has 1 aromatic heterocycles. The standard InChI is InChI=1S/C14H23N3S/c1-11(14-15-5-7-18-14)9-17-6-4-12(10-17)8-16-13-2-3-13/h5,7,11-13,16H,2-4,6,8-10H2,1H3. The maximum Gasteiger partial charge on any atom is 0.0965 e. The second kappa shape index (κ2) is 5.68. The number of hydrogen-bond acceptors (Lipinski definition) is 4. The Balaban J connectivity index is 1.41. The summed E-state index contributed by atoms with van der Waals surface area (Å²) in [6, 6.07) is 0.855. The molecule has 1 aromatic rings. The largest absolute Gasteiger partial charge is 0.314 e. The fourth-order valence-electron chi connectivity index (χ4n) is 2.81. The molecule has 0 radical (unpaired) electrons. The van der Waals surface area contributed by atoms with Gasteiger partial charge in [-0.05, 0) is 38.3 Å². The lowest BCUT2D eigenvalue weighted by molar-refractivity contribution is 0.305. The molecular formula is C14H23N3S. The second-order valence-electron chi connectivity index (χ2n) is 5.87. The summed E-state index contributed by atoms with van der Waals surface area (Å²) < 4.78 is 0. The van der Waals surface area contributed by atoms with Gasteiger partial charge in [0.2, 0.25) is 0 Å². The molecule has 2 fully saturated rings. The van der Waals surface area contributed by atoms with Crippen molar-refractivity contribution in [2.24, 2.45) is 5.92 Å². The Kier molecular flexibility index (Phi) is 3.97. The molecule has 2 aliphatic rings. The predicted molar refractivity (Wildman–Crippen MR) is 76.1 cm³/mol. The Labute approximate surface area is 114 Å². The predicted octanol–water partition coefficient (Wildman–Crippen LogP) is 2.32. The topological polar surface area (TPSA) is 28.2 Å². The van der Waals surface area contributed by atoms with Gasteiger partial charge < -0.3 is 10.2 Å². The third kappa shape index (κ3) is 3.31. The first kappa shape index (κ1) is 12.6. The highest BCUT2D eigenvalue weighted by Gasteiger charge is 2.27. The molecule has 2 unspecified atom stereocenters. The Morgan fingerprint density at radius 3 is 3.11 bits per heavy atom. The number of rotatable bonds is 6. The Bertz CT molecular complexity index is 361. The lowest BCUT2D eigenvalue weighted by Gasteiger charge is -2.19. The lowest BCUT2D eigenvalue weighted by atomic mass is 10.1. The molecule has 3 nitrogen and oxygen atoms in total. The summed E-state index contributed by atoms with van der Waals surface area (Å²) in [5, 5.41) is 7.03. The summed E-state index contributed by atoms with van der Waals surface area (Å²) in [6.07, 6.45) is 6.09. The zero-order valence-corrected chi connectivity index (χ0v) is 12.0. The quantitative estimate of drug-likeness (QED) is 0.855. The van der Waals surface area contributed by atoms with E-state index >= 15 is 0 Å². The van der Waals surface area contributed by atoms with Gasteiger partial charge in [0.15, 0.2) is 0 Å². The van der Waals surface area contributed by atoms with Crippen LogP contribution in [0.4, 0.5) is 0 Å². The summed E-state index contributed by atoms with van der Waals surface area (Å²) in [5.41, 5.74) is 0. The van der Waals surface area contributed by atoms with E-state index < -0.39 is 0 Å². The van der Waals surface area contributed by atoms with Crippen molar-refractivity contribution >= 4 is 11.3 Å². The van der Waals surface area contributed by atoms with E-state index in [1.54, 1.807) is 11.3 Å². The maximum absolute atomic E-state index is 4.42. The molecule has 4 heteroatoms. The van der Waals surface area contributed by atoms with E-state index in [4.69, 9.17) is 0 Å². The Morgan fingerprint density at radius 2 is 2.39 bits per heavy atom. The molecule has 100 valence electrons. The van der Waals surface area contributed by atoms with Crippen molar-refractivity contribution < 1.29 is 0 Å². The van der Waals surface area contributed by atoms with Crippen LogP contribution in [0.25, 0.3) is 0 Å². The van der Waals surface area contributed by atoms with E-state index in [-0.39, 0.29) is 0 Å².